The maximum atomic E-state index is 12.8. The average molecular weight is 903 g/mol. The van der Waals surface area contributed by atoms with Crippen LogP contribution >= 0.6 is 7.82 Å². The first-order chi connectivity index (χ1) is 29.9. The molecule has 0 spiro atoms. The highest BCUT2D eigenvalue weighted by Crippen LogP contribution is 2.47. The lowest BCUT2D eigenvalue weighted by Crippen LogP contribution is -2.64. The lowest BCUT2D eigenvalue weighted by Gasteiger charge is -2.41. The van der Waals surface area contributed by atoms with Gasteiger partial charge in [-0.05, 0) is 57.8 Å². The number of phosphoric acid groups is 1. The van der Waals surface area contributed by atoms with Crippen LogP contribution < -0.4 is 0 Å². The van der Waals surface area contributed by atoms with E-state index < -0.39 is 75.7 Å². The lowest BCUT2D eigenvalue weighted by atomic mass is 9.85. The molecule has 7 N–H and O–H groups in total. The Morgan fingerprint density at radius 1 is 0.532 bits per heavy atom. The van der Waals surface area contributed by atoms with Crippen LogP contribution in [0.3, 0.4) is 0 Å². The molecule has 14 nitrogen and oxygen atoms in total. The first-order valence-corrected chi connectivity index (χ1v) is 25.0. The number of hydrogen-bond acceptors (Lipinski definition) is 13. The predicted octanol–water partition coefficient (Wildman–Crippen LogP) is 8.14. The Morgan fingerprint density at radius 3 is 1.45 bits per heavy atom. The van der Waals surface area contributed by atoms with Crippen LogP contribution in [-0.4, -0.2) is 110 Å². The van der Waals surface area contributed by atoms with Gasteiger partial charge in [-0.1, -0.05) is 152 Å². The third kappa shape index (κ3) is 30.0. The van der Waals surface area contributed by atoms with Crippen molar-refractivity contribution in [3.05, 3.63) is 48.6 Å². The minimum absolute atomic E-state index is 0.0114. The van der Waals surface area contributed by atoms with Crippen LogP contribution in [0.15, 0.2) is 48.6 Å². The molecule has 1 saturated carbocycles. The number of carbonyl (C=O) groups is 2. The van der Waals surface area contributed by atoms with Gasteiger partial charge >= 0.3 is 19.8 Å². The second kappa shape index (κ2) is 38.1. The third-order valence-corrected chi connectivity index (χ3v) is 11.7. The minimum atomic E-state index is -5.14. The number of carbonyl (C=O) groups excluding carboxylic acids is 2. The van der Waals surface area contributed by atoms with Crippen LogP contribution in [0.4, 0.5) is 0 Å². The molecule has 8 atom stereocenters. The number of allylic oxidation sites excluding steroid dienone is 8. The van der Waals surface area contributed by atoms with E-state index in [0.29, 0.717) is 19.3 Å². The summed E-state index contributed by atoms with van der Waals surface area (Å²) in [4.78, 5) is 35.7. The number of hydrogen-bond donors (Lipinski definition) is 7. The summed E-state index contributed by atoms with van der Waals surface area (Å²) in [6, 6.07) is 0. The summed E-state index contributed by atoms with van der Waals surface area (Å²) in [7, 11) is -5.14. The van der Waals surface area contributed by atoms with Crippen molar-refractivity contribution in [1.82, 2.24) is 0 Å². The predicted molar refractivity (Wildman–Crippen MR) is 241 cm³/mol. The number of esters is 2. The Morgan fingerprint density at radius 2 is 0.952 bits per heavy atom. The number of aliphatic hydroxyl groups excluding tert-OH is 6. The monoisotopic (exact) mass is 903 g/mol. The second-order valence-electron chi connectivity index (χ2n) is 16.3. The fourth-order valence-electron chi connectivity index (χ4n) is 6.91. The minimum Gasteiger partial charge on any atom is -0.462 e. The smallest absolute Gasteiger partial charge is 0.462 e. The maximum absolute atomic E-state index is 12.8. The van der Waals surface area contributed by atoms with Gasteiger partial charge in [-0.25, -0.2) is 4.57 Å². The molecule has 0 bridgehead atoms. The van der Waals surface area contributed by atoms with Crippen molar-refractivity contribution in [3.63, 3.8) is 0 Å². The Hall–Kier alpha value is -2.23. The van der Waals surface area contributed by atoms with Crippen LogP contribution in [-0.2, 0) is 32.7 Å². The molecular weight excluding hydrogens is 819 g/mol. The highest BCUT2D eigenvalue weighted by molar-refractivity contribution is 7.47. The quantitative estimate of drug-likeness (QED) is 0.0134. The van der Waals surface area contributed by atoms with Crippen LogP contribution in [0.2, 0.25) is 0 Å². The first kappa shape index (κ1) is 57.8. The number of phosphoric ester groups is 1. The number of unbranched alkanes of at least 4 members (excludes halogenated alkanes) is 18. The number of aliphatic hydroxyl groups is 6. The van der Waals surface area contributed by atoms with Crippen LogP contribution in [0.5, 0.6) is 0 Å². The zero-order valence-electron chi connectivity index (χ0n) is 37.6. The summed E-state index contributed by atoms with van der Waals surface area (Å²) in [5.74, 6) is -1.18. The van der Waals surface area contributed by atoms with E-state index in [4.69, 9.17) is 23.6 Å². The molecule has 0 aromatic heterocycles. The molecule has 3 unspecified atom stereocenters. The fraction of sp³-hybridized carbons (Fsp3) is 0.787. The Balaban J connectivity index is 2.49. The van der Waals surface area contributed by atoms with Gasteiger partial charge in [0, 0.05) is 19.4 Å². The van der Waals surface area contributed by atoms with Gasteiger partial charge in [-0.3, -0.25) is 18.6 Å². The Labute approximate surface area is 372 Å². The average Bonchev–Trinajstić information content (AvgIpc) is 3.25. The molecule has 0 aromatic carbocycles. The van der Waals surface area contributed by atoms with Gasteiger partial charge in [0.25, 0.3) is 0 Å². The lowest BCUT2D eigenvalue weighted by molar-refractivity contribution is -0.220. The van der Waals surface area contributed by atoms with E-state index in [1.165, 1.54) is 70.6 Å². The summed E-state index contributed by atoms with van der Waals surface area (Å²) in [6.07, 6.45) is 28.9. The van der Waals surface area contributed by atoms with Gasteiger partial charge < -0.3 is 45.0 Å². The zero-order valence-corrected chi connectivity index (χ0v) is 38.5. The molecule has 360 valence electrons. The first-order valence-electron chi connectivity index (χ1n) is 23.6. The van der Waals surface area contributed by atoms with Gasteiger partial charge in [-0.15, -0.1) is 0 Å². The summed E-state index contributed by atoms with van der Waals surface area (Å²) in [6.45, 7) is 1.26. The topological polar surface area (TPSA) is 230 Å². The molecular formula is C47H83O14P. The van der Waals surface area contributed by atoms with Crippen LogP contribution in [0, 0.1) is 0 Å². The van der Waals surface area contributed by atoms with Crippen molar-refractivity contribution in [2.24, 2.45) is 0 Å². The largest absolute Gasteiger partial charge is 0.472 e. The van der Waals surface area contributed by atoms with Gasteiger partial charge in [0.15, 0.2) is 6.10 Å². The second-order valence-corrected chi connectivity index (χ2v) is 17.7. The molecule has 0 aromatic rings. The normalized spacial score (nSPS) is 22.3. The van der Waals surface area contributed by atoms with E-state index in [1.807, 2.05) is 12.2 Å². The van der Waals surface area contributed by atoms with Gasteiger partial charge in [-0.2, -0.15) is 0 Å². The van der Waals surface area contributed by atoms with Gasteiger partial charge in [0.1, 0.15) is 43.2 Å². The van der Waals surface area contributed by atoms with E-state index in [9.17, 15) is 44.6 Å². The van der Waals surface area contributed by atoms with Gasteiger partial charge in [0.2, 0.25) is 0 Å². The molecule has 0 heterocycles. The molecule has 0 amide bonds. The standard InChI is InChI=1S/C47H83O14P/c1-2-3-4-5-6-7-8-9-13-16-19-22-25-28-31-34-40(49)58-37-39(38-59-62(56,57)61-47-45(54)43(52)42(51)44(53)46(47)55)60-41(50)35-32-29-26-23-20-17-14-11-10-12-15-18-21-24-27-30-33-36-48/h10,12,14,17-18,21,23,26,39,42-48,51-55H,2-9,11,13,15-16,19-20,22,24-25,27-38H2,1H3,(H,56,57)/b12-10-,17-14-,21-18-,26-23-/t39-,42?,43-,44+,45-,46-,47?/m1/s1. The third-order valence-electron chi connectivity index (χ3n) is 10.7. The molecule has 15 heteroatoms. The van der Waals surface area contributed by atoms with E-state index >= 15 is 0 Å². The summed E-state index contributed by atoms with van der Waals surface area (Å²) in [5, 5.41) is 58.9. The molecule has 1 aliphatic carbocycles. The molecule has 1 rings (SSSR count). The highest BCUT2D eigenvalue weighted by atomic mass is 31.2. The fourth-order valence-corrected chi connectivity index (χ4v) is 7.88. The molecule has 0 aliphatic heterocycles. The summed E-state index contributed by atoms with van der Waals surface area (Å²) >= 11 is 0. The highest BCUT2D eigenvalue weighted by Gasteiger charge is 2.51. The molecule has 62 heavy (non-hydrogen) atoms. The van der Waals surface area contributed by atoms with Crippen molar-refractivity contribution < 1.29 is 68.2 Å². The van der Waals surface area contributed by atoms with Crippen molar-refractivity contribution >= 4 is 19.8 Å². The Kier molecular flexibility index (Phi) is 35.5. The van der Waals surface area contributed by atoms with Crippen molar-refractivity contribution in [3.8, 4) is 0 Å². The van der Waals surface area contributed by atoms with E-state index in [-0.39, 0.29) is 19.4 Å². The van der Waals surface area contributed by atoms with Crippen LogP contribution in [0.25, 0.3) is 0 Å². The molecule has 1 aliphatic rings. The Bertz CT molecular complexity index is 1270. The van der Waals surface area contributed by atoms with Crippen molar-refractivity contribution in [2.45, 2.75) is 217 Å². The van der Waals surface area contributed by atoms with E-state index in [0.717, 1.165) is 64.2 Å². The van der Waals surface area contributed by atoms with Crippen molar-refractivity contribution in [1.29, 1.82) is 0 Å². The maximum Gasteiger partial charge on any atom is 0.472 e. The van der Waals surface area contributed by atoms with Gasteiger partial charge in [0.05, 0.1) is 6.61 Å². The SMILES string of the molecule is CCCCCCCCCCCCCCCCCC(=O)OC[C@H](COP(=O)(O)OC1[C@H](O)[C@H](O)C(O)[C@H](O)[C@H]1O)OC(=O)CCC/C=C\C/C=C\C/C=C\C/C=C\CCCCCO. The van der Waals surface area contributed by atoms with Crippen molar-refractivity contribution in [2.75, 3.05) is 19.8 Å². The molecule has 0 radical (unpaired) electrons. The number of rotatable bonds is 39. The van der Waals surface area contributed by atoms with Crippen LogP contribution in [0.1, 0.15) is 174 Å². The van der Waals surface area contributed by atoms with E-state index in [1.54, 1.807) is 0 Å². The van der Waals surface area contributed by atoms with E-state index in [2.05, 4.69) is 43.4 Å². The number of ether oxygens (including phenoxy) is 2. The summed E-state index contributed by atoms with van der Waals surface area (Å²) in [5.41, 5.74) is 0. The zero-order chi connectivity index (χ0) is 45.7. The molecule has 1 fully saturated rings. The molecule has 0 saturated heterocycles. The summed E-state index contributed by atoms with van der Waals surface area (Å²) < 4.78 is 33.5.